The molecule has 1 aromatic carbocycles. The third-order valence-electron chi connectivity index (χ3n) is 3.01. The third-order valence-corrected chi connectivity index (χ3v) is 3.01. The van der Waals surface area contributed by atoms with Crippen LogP contribution in [-0.4, -0.2) is 6.54 Å². The van der Waals surface area contributed by atoms with Gasteiger partial charge >= 0.3 is 0 Å². The quantitative estimate of drug-likeness (QED) is 0.723. The average Bonchev–Trinajstić information content (AvgIpc) is 2.20. The highest BCUT2D eigenvalue weighted by Crippen LogP contribution is 2.29. The van der Waals surface area contributed by atoms with Crippen molar-refractivity contribution in [3.05, 3.63) is 35.6 Å². The second-order valence-corrected chi connectivity index (χ2v) is 4.07. The largest absolute Gasteiger partial charge is 0.310 e. The summed E-state index contributed by atoms with van der Waals surface area (Å²) >= 11 is 0. The number of piperidine rings is 1. The lowest BCUT2D eigenvalue weighted by Gasteiger charge is -2.30. The molecule has 1 aliphatic heterocycles. The Morgan fingerprint density at radius 1 is 1.36 bits per heavy atom. The second kappa shape index (κ2) is 4.09. The molecular formula is C12H16FN. The summed E-state index contributed by atoms with van der Waals surface area (Å²) in [5.74, 6) is 0.444. The molecule has 0 bridgehead atoms. The van der Waals surface area contributed by atoms with E-state index in [-0.39, 0.29) is 11.9 Å². The molecule has 0 radical (unpaired) electrons. The smallest absolute Gasteiger partial charge is 0.127 e. The summed E-state index contributed by atoms with van der Waals surface area (Å²) in [5, 5.41) is 3.39. The number of halogens is 1. The Bertz CT molecular complexity index is 311. The monoisotopic (exact) mass is 193 g/mol. The second-order valence-electron chi connectivity index (χ2n) is 4.07. The fraction of sp³-hybridized carbons (Fsp3) is 0.500. The molecule has 0 aromatic heterocycles. The van der Waals surface area contributed by atoms with Crippen molar-refractivity contribution in [2.24, 2.45) is 5.92 Å². The molecule has 0 spiro atoms. The summed E-state index contributed by atoms with van der Waals surface area (Å²) in [6.45, 7) is 3.19. The van der Waals surface area contributed by atoms with Gasteiger partial charge in [0.25, 0.3) is 0 Å². The van der Waals surface area contributed by atoms with Crippen LogP contribution in [-0.2, 0) is 0 Å². The van der Waals surface area contributed by atoms with E-state index in [4.69, 9.17) is 0 Å². The van der Waals surface area contributed by atoms with Crippen LogP contribution in [0.4, 0.5) is 4.39 Å². The molecule has 0 aliphatic carbocycles. The van der Waals surface area contributed by atoms with Crippen LogP contribution in [0.2, 0.25) is 0 Å². The zero-order valence-corrected chi connectivity index (χ0v) is 8.46. The number of hydrogen-bond donors (Lipinski definition) is 1. The molecule has 2 rings (SSSR count). The lowest BCUT2D eigenvalue weighted by atomic mass is 9.87. The van der Waals surface area contributed by atoms with Gasteiger partial charge in [0.15, 0.2) is 0 Å². The van der Waals surface area contributed by atoms with Gasteiger partial charge in [-0.25, -0.2) is 4.39 Å². The molecule has 1 aromatic rings. The SMILES string of the molecule is CC1CCCNC1c1ccccc1F. The van der Waals surface area contributed by atoms with Crippen molar-refractivity contribution in [2.75, 3.05) is 6.54 Å². The van der Waals surface area contributed by atoms with E-state index in [1.807, 2.05) is 12.1 Å². The van der Waals surface area contributed by atoms with Crippen LogP contribution in [0.3, 0.4) is 0 Å². The predicted octanol–water partition coefficient (Wildman–Crippen LogP) is 2.89. The van der Waals surface area contributed by atoms with Gasteiger partial charge in [-0.05, 0) is 31.4 Å². The number of benzene rings is 1. The summed E-state index contributed by atoms with van der Waals surface area (Å²) in [6, 6.07) is 7.27. The Hall–Kier alpha value is -0.890. The Morgan fingerprint density at radius 3 is 2.86 bits per heavy atom. The molecule has 14 heavy (non-hydrogen) atoms. The van der Waals surface area contributed by atoms with Crippen molar-refractivity contribution in [2.45, 2.75) is 25.8 Å². The van der Waals surface area contributed by atoms with E-state index in [9.17, 15) is 4.39 Å². The Balaban J connectivity index is 2.25. The third kappa shape index (κ3) is 1.80. The van der Waals surface area contributed by atoms with E-state index in [2.05, 4.69) is 12.2 Å². The van der Waals surface area contributed by atoms with Crippen molar-refractivity contribution in [3.8, 4) is 0 Å². The van der Waals surface area contributed by atoms with Crippen molar-refractivity contribution in [3.63, 3.8) is 0 Å². The Morgan fingerprint density at radius 2 is 2.14 bits per heavy atom. The van der Waals surface area contributed by atoms with E-state index in [1.165, 1.54) is 12.8 Å². The van der Waals surface area contributed by atoms with Crippen molar-refractivity contribution in [1.82, 2.24) is 5.32 Å². The van der Waals surface area contributed by atoms with Gasteiger partial charge in [0.1, 0.15) is 5.82 Å². The number of rotatable bonds is 1. The van der Waals surface area contributed by atoms with Crippen LogP contribution in [0.15, 0.2) is 24.3 Å². The topological polar surface area (TPSA) is 12.0 Å². The fourth-order valence-corrected chi connectivity index (χ4v) is 2.19. The van der Waals surface area contributed by atoms with Gasteiger partial charge in [0, 0.05) is 11.6 Å². The standard InChI is InChI=1S/C12H16FN/c1-9-5-4-8-14-12(9)10-6-2-3-7-11(10)13/h2-3,6-7,9,12,14H,4-5,8H2,1H3. The molecule has 2 unspecified atom stereocenters. The molecule has 1 fully saturated rings. The average molecular weight is 193 g/mol. The summed E-state index contributed by atoms with van der Waals surface area (Å²) in [7, 11) is 0. The first-order valence-corrected chi connectivity index (χ1v) is 5.27. The van der Waals surface area contributed by atoms with Crippen LogP contribution in [0, 0.1) is 11.7 Å². The maximum Gasteiger partial charge on any atom is 0.127 e. The van der Waals surface area contributed by atoms with E-state index in [0.717, 1.165) is 12.1 Å². The Labute approximate surface area is 84.3 Å². The maximum atomic E-state index is 13.5. The fourth-order valence-electron chi connectivity index (χ4n) is 2.19. The maximum absolute atomic E-state index is 13.5. The lowest BCUT2D eigenvalue weighted by molar-refractivity contribution is 0.299. The molecule has 1 N–H and O–H groups in total. The summed E-state index contributed by atoms with van der Waals surface area (Å²) in [5.41, 5.74) is 0.819. The highest BCUT2D eigenvalue weighted by atomic mass is 19.1. The minimum atomic E-state index is -0.0845. The van der Waals surface area contributed by atoms with Gasteiger partial charge in [-0.1, -0.05) is 25.1 Å². The number of hydrogen-bond acceptors (Lipinski definition) is 1. The molecule has 0 amide bonds. The van der Waals surface area contributed by atoms with Gasteiger partial charge in [0.05, 0.1) is 0 Å². The van der Waals surface area contributed by atoms with Gasteiger partial charge in [-0.15, -0.1) is 0 Å². The molecule has 0 saturated carbocycles. The van der Waals surface area contributed by atoms with Crippen LogP contribution >= 0.6 is 0 Å². The zero-order chi connectivity index (χ0) is 9.97. The summed E-state index contributed by atoms with van der Waals surface area (Å²) < 4.78 is 13.5. The minimum Gasteiger partial charge on any atom is -0.310 e. The molecule has 76 valence electrons. The molecule has 2 heteroatoms. The summed E-state index contributed by atoms with van der Waals surface area (Å²) in [4.78, 5) is 0. The molecule has 1 saturated heterocycles. The van der Waals surface area contributed by atoms with Crippen molar-refractivity contribution < 1.29 is 4.39 Å². The first-order valence-electron chi connectivity index (χ1n) is 5.27. The normalized spacial score (nSPS) is 27.6. The molecule has 1 aliphatic rings. The lowest BCUT2D eigenvalue weighted by Crippen LogP contribution is -2.33. The van der Waals surface area contributed by atoms with Gasteiger partial charge in [-0.3, -0.25) is 0 Å². The van der Waals surface area contributed by atoms with Crippen LogP contribution in [0.1, 0.15) is 31.4 Å². The first kappa shape index (κ1) is 9.66. The predicted molar refractivity (Wildman–Crippen MR) is 55.5 cm³/mol. The van der Waals surface area contributed by atoms with Crippen LogP contribution < -0.4 is 5.32 Å². The van der Waals surface area contributed by atoms with E-state index >= 15 is 0 Å². The van der Waals surface area contributed by atoms with Gasteiger partial charge in [0.2, 0.25) is 0 Å². The van der Waals surface area contributed by atoms with Gasteiger partial charge < -0.3 is 5.32 Å². The van der Waals surface area contributed by atoms with Crippen molar-refractivity contribution in [1.29, 1.82) is 0 Å². The van der Waals surface area contributed by atoms with Crippen LogP contribution in [0.5, 0.6) is 0 Å². The molecular weight excluding hydrogens is 177 g/mol. The molecule has 1 heterocycles. The van der Waals surface area contributed by atoms with E-state index in [0.29, 0.717) is 5.92 Å². The first-order chi connectivity index (χ1) is 6.79. The number of nitrogens with one attached hydrogen (secondary N) is 1. The molecule has 2 atom stereocenters. The highest BCUT2D eigenvalue weighted by Gasteiger charge is 2.24. The highest BCUT2D eigenvalue weighted by molar-refractivity contribution is 5.22. The van der Waals surface area contributed by atoms with E-state index < -0.39 is 0 Å². The zero-order valence-electron chi connectivity index (χ0n) is 8.46. The van der Waals surface area contributed by atoms with Crippen molar-refractivity contribution >= 4 is 0 Å². The molecule has 1 nitrogen and oxygen atoms in total. The van der Waals surface area contributed by atoms with E-state index in [1.54, 1.807) is 12.1 Å². The summed E-state index contributed by atoms with van der Waals surface area (Å²) in [6.07, 6.45) is 2.39. The van der Waals surface area contributed by atoms with Gasteiger partial charge in [-0.2, -0.15) is 0 Å². The van der Waals surface area contributed by atoms with Crippen LogP contribution in [0.25, 0.3) is 0 Å². The Kier molecular flexibility index (Phi) is 2.82. The minimum absolute atomic E-state index is 0.0845.